The number of anilines is 1. The molecule has 19 heavy (non-hydrogen) atoms. The fourth-order valence-corrected chi connectivity index (χ4v) is 1.59. The van der Waals surface area contributed by atoms with Gasteiger partial charge in [-0.3, -0.25) is 4.79 Å². The van der Waals surface area contributed by atoms with Crippen LogP contribution in [0.1, 0.15) is 10.5 Å². The maximum atomic E-state index is 13.0. The second-order valence-corrected chi connectivity index (χ2v) is 4.13. The summed E-state index contributed by atoms with van der Waals surface area (Å²) in [6.07, 6.45) is 0. The summed E-state index contributed by atoms with van der Waals surface area (Å²) in [5, 5.41) is 19.0. The third-order valence-electron chi connectivity index (χ3n) is 2.04. The van der Waals surface area contributed by atoms with E-state index in [-0.39, 0.29) is 10.2 Å². The van der Waals surface area contributed by atoms with Gasteiger partial charge in [0.25, 0.3) is 11.6 Å². The van der Waals surface area contributed by atoms with E-state index in [1.165, 1.54) is 12.1 Å². The van der Waals surface area contributed by atoms with Crippen LogP contribution in [0.25, 0.3) is 0 Å². The van der Waals surface area contributed by atoms with Crippen LogP contribution in [0.5, 0.6) is 0 Å². The minimum absolute atomic E-state index is 0.137. The second kappa shape index (κ2) is 5.10. The predicted molar refractivity (Wildman–Crippen MR) is 63.0 cm³/mol. The maximum absolute atomic E-state index is 13.0. The van der Waals surface area contributed by atoms with E-state index in [2.05, 4.69) is 36.2 Å². The van der Waals surface area contributed by atoms with Crippen LogP contribution >= 0.6 is 15.9 Å². The molecule has 0 aliphatic rings. The SMILES string of the molecule is O=C(Nc1ccc(F)c(Br)c1)c1nonc1[N+](=O)[O-]. The lowest BCUT2D eigenvalue weighted by atomic mass is 10.3. The first-order chi connectivity index (χ1) is 8.99. The Hall–Kier alpha value is -2.36. The zero-order valence-corrected chi connectivity index (χ0v) is 10.5. The monoisotopic (exact) mass is 330 g/mol. The molecule has 0 bridgehead atoms. The number of benzene rings is 1. The number of nitrogens with zero attached hydrogens (tertiary/aromatic N) is 3. The fraction of sp³-hybridized carbons (Fsp3) is 0. The molecule has 1 heterocycles. The number of aromatic nitrogens is 2. The van der Waals surface area contributed by atoms with Crippen molar-refractivity contribution >= 4 is 33.3 Å². The van der Waals surface area contributed by atoms with Gasteiger partial charge in [0.05, 0.1) is 4.47 Å². The lowest BCUT2D eigenvalue weighted by Gasteiger charge is -2.03. The highest BCUT2D eigenvalue weighted by atomic mass is 79.9. The molecule has 1 N–H and O–H groups in total. The largest absolute Gasteiger partial charge is 0.447 e. The van der Waals surface area contributed by atoms with Crippen molar-refractivity contribution in [3.63, 3.8) is 0 Å². The molecule has 98 valence electrons. The molecule has 0 aliphatic carbocycles. The molecular formula is C9H4BrFN4O4. The average Bonchev–Trinajstić information content (AvgIpc) is 2.83. The van der Waals surface area contributed by atoms with Crippen molar-refractivity contribution in [2.45, 2.75) is 0 Å². The molecule has 1 aromatic carbocycles. The highest BCUT2D eigenvalue weighted by molar-refractivity contribution is 9.10. The highest BCUT2D eigenvalue weighted by Crippen LogP contribution is 2.21. The second-order valence-electron chi connectivity index (χ2n) is 3.28. The molecule has 0 aliphatic heterocycles. The van der Waals surface area contributed by atoms with Gasteiger partial charge in [-0.25, -0.2) is 4.39 Å². The molecule has 1 amide bonds. The zero-order chi connectivity index (χ0) is 14.0. The van der Waals surface area contributed by atoms with Gasteiger partial charge in [-0.05, 0) is 44.2 Å². The van der Waals surface area contributed by atoms with Crippen molar-refractivity contribution in [3.8, 4) is 0 Å². The van der Waals surface area contributed by atoms with Crippen LogP contribution < -0.4 is 5.32 Å². The first kappa shape index (κ1) is 13.1. The molecule has 2 rings (SSSR count). The standard InChI is InChI=1S/C9H4BrFN4O4/c10-5-3-4(1-2-6(5)11)12-9(16)7-8(15(17)18)14-19-13-7/h1-3H,(H,12,16). The minimum atomic E-state index is -0.897. The zero-order valence-electron chi connectivity index (χ0n) is 8.96. The summed E-state index contributed by atoms with van der Waals surface area (Å²) in [4.78, 5) is 21.4. The van der Waals surface area contributed by atoms with Crippen LogP contribution in [0.15, 0.2) is 27.3 Å². The molecule has 8 nitrogen and oxygen atoms in total. The summed E-state index contributed by atoms with van der Waals surface area (Å²) in [6.45, 7) is 0. The van der Waals surface area contributed by atoms with E-state index in [0.717, 1.165) is 6.07 Å². The topological polar surface area (TPSA) is 111 Å². The van der Waals surface area contributed by atoms with Gasteiger partial charge in [-0.1, -0.05) is 0 Å². The van der Waals surface area contributed by atoms with Crippen molar-refractivity contribution in [2.75, 3.05) is 5.32 Å². The summed E-state index contributed by atoms with van der Waals surface area (Å²) in [5.74, 6) is -2.18. The number of hydrogen-bond acceptors (Lipinski definition) is 6. The molecule has 10 heteroatoms. The van der Waals surface area contributed by atoms with Gasteiger partial charge < -0.3 is 15.4 Å². The molecule has 0 atom stereocenters. The Labute approximate surface area is 112 Å². The Morgan fingerprint density at radius 2 is 2.21 bits per heavy atom. The van der Waals surface area contributed by atoms with Gasteiger partial charge in [-0.2, -0.15) is 0 Å². The lowest BCUT2D eigenvalue weighted by Crippen LogP contribution is -2.14. The predicted octanol–water partition coefficient (Wildman–Crippen LogP) is 2.13. The third-order valence-corrected chi connectivity index (χ3v) is 2.64. The van der Waals surface area contributed by atoms with Gasteiger partial charge in [-0.15, -0.1) is 4.63 Å². The molecule has 0 unspecified atom stereocenters. The quantitative estimate of drug-likeness (QED) is 0.681. The first-order valence-electron chi connectivity index (χ1n) is 4.72. The molecule has 0 saturated heterocycles. The number of halogens is 2. The van der Waals surface area contributed by atoms with Crippen molar-refractivity contribution < 1.29 is 18.7 Å². The summed E-state index contributed by atoms with van der Waals surface area (Å²) >= 11 is 2.94. The molecule has 0 spiro atoms. The summed E-state index contributed by atoms with van der Waals surface area (Å²) < 4.78 is 17.3. The highest BCUT2D eigenvalue weighted by Gasteiger charge is 2.28. The molecular weight excluding hydrogens is 327 g/mol. The van der Waals surface area contributed by atoms with E-state index >= 15 is 0 Å². The summed E-state index contributed by atoms with van der Waals surface area (Å²) in [5.41, 5.74) is -0.332. The van der Waals surface area contributed by atoms with E-state index in [4.69, 9.17) is 0 Å². The van der Waals surface area contributed by atoms with Crippen molar-refractivity contribution in [2.24, 2.45) is 0 Å². The Bertz CT molecular complexity index is 659. The van der Waals surface area contributed by atoms with Crippen molar-refractivity contribution in [3.05, 3.63) is 44.3 Å². The Balaban J connectivity index is 2.23. The van der Waals surface area contributed by atoms with Crippen LogP contribution in [0, 0.1) is 15.9 Å². The van der Waals surface area contributed by atoms with Crippen molar-refractivity contribution in [1.29, 1.82) is 0 Å². The number of amides is 1. The molecule has 0 fully saturated rings. The van der Waals surface area contributed by atoms with Crippen LogP contribution in [0.2, 0.25) is 0 Å². The molecule has 2 aromatic rings. The van der Waals surface area contributed by atoms with E-state index in [9.17, 15) is 19.3 Å². The number of carbonyl (C=O) groups excluding carboxylic acids is 1. The van der Waals surface area contributed by atoms with Gasteiger partial charge in [0.15, 0.2) is 5.16 Å². The van der Waals surface area contributed by atoms with E-state index in [1.54, 1.807) is 0 Å². The number of nitrogens with one attached hydrogen (secondary N) is 1. The van der Waals surface area contributed by atoms with E-state index in [0.29, 0.717) is 0 Å². The summed E-state index contributed by atoms with van der Waals surface area (Å²) in [7, 11) is 0. The van der Waals surface area contributed by atoms with Gasteiger partial charge in [0.2, 0.25) is 0 Å². The third kappa shape index (κ3) is 2.73. The number of hydrogen-bond donors (Lipinski definition) is 1. The maximum Gasteiger partial charge on any atom is 0.447 e. The van der Waals surface area contributed by atoms with Crippen LogP contribution in [-0.4, -0.2) is 21.1 Å². The first-order valence-corrected chi connectivity index (χ1v) is 5.51. The fourth-order valence-electron chi connectivity index (χ4n) is 1.21. The van der Waals surface area contributed by atoms with E-state index in [1.807, 2.05) is 0 Å². The summed E-state index contributed by atoms with van der Waals surface area (Å²) in [6, 6.07) is 3.71. The smallest absolute Gasteiger partial charge is 0.358 e. The molecule has 1 aromatic heterocycles. The minimum Gasteiger partial charge on any atom is -0.358 e. The molecule has 0 radical (unpaired) electrons. The van der Waals surface area contributed by atoms with Crippen molar-refractivity contribution in [1.82, 2.24) is 10.3 Å². The van der Waals surface area contributed by atoms with Crippen LogP contribution in [0.4, 0.5) is 15.9 Å². The number of rotatable bonds is 3. The van der Waals surface area contributed by atoms with Gasteiger partial charge in [0.1, 0.15) is 5.82 Å². The lowest BCUT2D eigenvalue weighted by molar-refractivity contribution is -0.391. The van der Waals surface area contributed by atoms with Gasteiger partial charge >= 0.3 is 5.82 Å². The normalized spacial score (nSPS) is 10.2. The number of carbonyl (C=O) groups is 1. The Morgan fingerprint density at radius 1 is 1.47 bits per heavy atom. The Morgan fingerprint density at radius 3 is 2.84 bits per heavy atom. The molecule has 0 saturated carbocycles. The average molecular weight is 331 g/mol. The van der Waals surface area contributed by atoms with Gasteiger partial charge in [0, 0.05) is 5.69 Å². The number of nitro groups is 1. The van der Waals surface area contributed by atoms with E-state index < -0.39 is 28.2 Å². The van der Waals surface area contributed by atoms with Crippen LogP contribution in [-0.2, 0) is 0 Å². The Kier molecular flexibility index (Phi) is 3.51. The van der Waals surface area contributed by atoms with Crippen LogP contribution in [0.3, 0.4) is 0 Å².